The minimum atomic E-state index is 0.444. The number of hydrogen-bond acceptors (Lipinski definition) is 3. The lowest BCUT2D eigenvalue weighted by Crippen LogP contribution is -2.18. The number of nitrogen functional groups attached to an aromatic ring is 1. The molecule has 0 atom stereocenters. The first-order valence-corrected chi connectivity index (χ1v) is 11.8. The molecule has 1 fully saturated rings. The van der Waals surface area contributed by atoms with Gasteiger partial charge in [-0.25, -0.2) is 0 Å². The van der Waals surface area contributed by atoms with Crippen molar-refractivity contribution in [1.82, 2.24) is 4.57 Å². The second-order valence-corrected chi connectivity index (χ2v) is 8.92. The summed E-state index contributed by atoms with van der Waals surface area (Å²) in [6.07, 6.45) is 10.3. The number of aryl methyl sites for hydroxylation is 2. The highest BCUT2D eigenvalue weighted by molar-refractivity contribution is 5.93. The van der Waals surface area contributed by atoms with Crippen LogP contribution in [0.25, 0.3) is 22.7 Å². The number of allylic oxidation sites excluding steroid dienone is 2. The summed E-state index contributed by atoms with van der Waals surface area (Å²) in [4.78, 5) is 0. The van der Waals surface area contributed by atoms with Crippen LogP contribution in [0.3, 0.4) is 0 Å². The molecule has 0 saturated carbocycles. The van der Waals surface area contributed by atoms with Crippen LogP contribution in [0, 0.1) is 6.92 Å². The van der Waals surface area contributed by atoms with Crippen molar-refractivity contribution in [2.24, 2.45) is 5.73 Å². The van der Waals surface area contributed by atoms with Gasteiger partial charge in [-0.1, -0.05) is 43.0 Å². The number of nitrogens with two attached hydrogens (primary N) is 2. The molecule has 3 aromatic rings. The van der Waals surface area contributed by atoms with E-state index in [0.717, 1.165) is 62.1 Å². The molecule has 0 radical (unpaired) electrons. The van der Waals surface area contributed by atoms with E-state index in [9.17, 15) is 0 Å². The van der Waals surface area contributed by atoms with E-state index in [-0.39, 0.29) is 0 Å². The van der Waals surface area contributed by atoms with Gasteiger partial charge in [0.25, 0.3) is 0 Å². The van der Waals surface area contributed by atoms with Crippen molar-refractivity contribution in [2.45, 2.75) is 44.9 Å². The Balaban J connectivity index is 1.94. The number of benzene rings is 2. The van der Waals surface area contributed by atoms with Crippen LogP contribution in [0.1, 0.15) is 54.0 Å². The summed E-state index contributed by atoms with van der Waals surface area (Å²) in [5.74, 6) is 0.444. The van der Waals surface area contributed by atoms with Gasteiger partial charge in [0.1, 0.15) is 0 Å². The molecule has 172 valence electrons. The normalized spacial score (nSPS) is 15.1. The van der Waals surface area contributed by atoms with E-state index in [2.05, 4.69) is 61.0 Å². The van der Waals surface area contributed by atoms with Gasteiger partial charge < -0.3 is 20.8 Å². The Morgan fingerprint density at radius 2 is 1.88 bits per heavy atom. The summed E-state index contributed by atoms with van der Waals surface area (Å²) >= 11 is 0. The molecular formula is C29H35N3O. The lowest BCUT2D eigenvalue weighted by Gasteiger charge is -2.26. The fraction of sp³-hybridized carbons (Fsp3) is 0.310. The van der Waals surface area contributed by atoms with E-state index < -0.39 is 0 Å². The van der Waals surface area contributed by atoms with Crippen LogP contribution >= 0.6 is 0 Å². The largest absolute Gasteiger partial charge is 0.404 e. The van der Waals surface area contributed by atoms with Crippen molar-refractivity contribution in [3.05, 3.63) is 89.8 Å². The summed E-state index contributed by atoms with van der Waals surface area (Å²) < 4.78 is 8.18. The van der Waals surface area contributed by atoms with Crippen molar-refractivity contribution in [3.63, 3.8) is 0 Å². The molecule has 4 rings (SSSR count). The predicted molar refractivity (Wildman–Crippen MR) is 141 cm³/mol. The van der Waals surface area contributed by atoms with E-state index in [1.807, 2.05) is 12.2 Å². The molecule has 2 heterocycles. The van der Waals surface area contributed by atoms with Gasteiger partial charge in [0, 0.05) is 41.6 Å². The number of ether oxygens (including phenoxy) is 1. The van der Waals surface area contributed by atoms with Crippen LogP contribution in [0.15, 0.2) is 67.4 Å². The van der Waals surface area contributed by atoms with Gasteiger partial charge in [0.2, 0.25) is 0 Å². The maximum atomic E-state index is 6.44. The zero-order valence-electron chi connectivity index (χ0n) is 19.6. The molecule has 1 aromatic heterocycles. The van der Waals surface area contributed by atoms with Crippen molar-refractivity contribution in [3.8, 4) is 5.69 Å². The van der Waals surface area contributed by atoms with Gasteiger partial charge in [-0.3, -0.25) is 0 Å². The Labute approximate surface area is 197 Å². The third-order valence-corrected chi connectivity index (χ3v) is 6.81. The minimum absolute atomic E-state index is 0.444. The van der Waals surface area contributed by atoms with Crippen LogP contribution in [0.5, 0.6) is 0 Å². The summed E-state index contributed by atoms with van der Waals surface area (Å²) in [6, 6.07) is 13.1. The zero-order valence-corrected chi connectivity index (χ0v) is 19.6. The fourth-order valence-electron chi connectivity index (χ4n) is 4.98. The van der Waals surface area contributed by atoms with E-state index in [0.29, 0.717) is 5.92 Å². The van der Waals surface area contributed by atoms with Crippen LogP contribution in [0.2, 0.25) is 0 Å². The van der Waals surface area contributed by atoms with Gasteiger partial charge in [-0.05, 0) is 86.2 Å². The minimum Gasteiger partial charge on any atom is -0.404 e. The highest BCUT2D eigenvalue weighted by Crippen LogP contribution is 2.40. The Bertz CT molecular complexity index is 1180. The first kappa shape index (κ1) is 22.9. The maximum absolute atomic E-state index is 6.44. The van der Waals surface area contributed by atoms with E-state index in [1.165, 1.54) is 33.4 Å². The van der Waals surface area contributed by atoms with Crippen LogP contribution < -0.4 is 11.5 Å². The molecule has 0 amide bonds. The average Bonchev–Trinajstić information content (AvgIpc) is 3.15. The standard InChI is InChI=1S/C29H35N3O/c1-4-21(19-30)7-6-8-25-26-18-27(31)22(5-2)17-28(26)32(24-11-9-20(3)10-12-24)29(25)23-13-15-33-16-14-23/h4-5,9-12,17-19,23H,1-2,6-8,13-16,30-31H2,3H3/b21-19+. The van der Waals surface area contributed by atoms with Crippen molar-refractivity contribution in [2.75, 3.05) is 18.9 Å². The molecule has 0 unspecified atom stereocenters. The van der Waals surface area contributed by atoms with Gasteiger partial charge >= 0.3 is 0 Å². The molecule has 1 aliphatic rings. The van der Waals surface area contributed by atoms with Crippen molar-refractivity contribution in [1.29, 1.82) is 0 Å². The number of aromatic nitrogens is 1. The third kappa shape index (κ3) is 4.62. The molecule has 4 N–H and O–H groups in total. The summed E-state index contributed by atoms with van der Waals surface area (Å²) in [5.41, 5.74) is 21.5. The first-order valence-electron chi connectivity index (χ1n) is 11.8. The molecule has 0 spiro atoms. The lowest BCUT2D eigenvalue weighted by atomic mass is 9.90. The number of rotatable bonds is 8. The average molecular weight is 442 g/mol. The van der Waals surface area contributed by atoms with Crippen LogP contribution in [-0.2, 0) is 11.2 Å². The van der Waals surface area contributed by atoms with E-state index in [4.69, 9.17) is 16.2 Å². The highest BCUT2D eigenvalue weighted by atomic mass is 16.5. The summed E-state index contributed by atoms with van der Waals surface area (Å²) in [7, 11) is 0. The van der Waals surface area contributed by atoms with E-state index in [1.54, 1.807) is 6.20 Å². The van der Waals surface area contributed by atoms with Crippen molar-refractivity contribution < 1.29 is 4.74 Å². The first-order chi connectivity index (χ1) is 16.1. The second-order valence-electron chi connectivity index (χ2n) is 8.92. The topological polar surface area (TPSA) is 66.2 Å². The monoisotopic (exact) mass is 441 g/mol. The molecule has 33 heavy (non-hydrogen) atoms. The lowest BCUT2D eigenvalue weighted by molar-refractivity contribution is 0.0841. The number of hydrogen-bond donors (Lipinski definition) is 2. The SMILES string of the molecule is C=C/C(=C\N)CCCc1c(C2CCOCC2)n(-c2ccc(C)cc2)c2cc(C=C)c(N)cc12. The Morgan fingerprint density at radius 3 is 2.52 bits per heavy atom. The maximum Gasteiger partial charge on any atom is 0.0541 e. The molecule has 1 saturated heterocycles. The van der Waals surface area contributed by atoms with Crippen LogP contribution in [-0.4, -0.2) is 17.8 Å². The molecule has 4 heteroatoms. The molecule has 1 aliphatic heterocycles. The Kier molecular flexibility index (Phi) is 7.05. The zero-order chi connectivity index (χ0) is 23.4. The predicted octanol–water partition coefficient (Wildman–Crippen LogP) is 6.41. The molecule has 0 bridgehead atoms. The van der Waals surface area contributed by atoms with Gasteiger partial charge in [-0.2, -0.15) is 0 Å². The van der Waals surface area contributed by atoms with Gasteiger partial charge in [0.15, 0.2) is 0 Å². The smallest absolute Gasteiger partial charge is 0.0541 e. The number of fused-ring (bicyclic) bond motifs is 1. The Morgan fingerprint density at radius 1 is 1.15 bits per heavy atom. The van der Waals surface area contributed by atoms with Crippen LogP contribution in [0.4, 0.5) is 5.69 Å². The molecule has 0 aliphatic carbocycles. The molecule has 2 aromatic carbocycles. The van der Waals surface area contributed by atoms with E-state index >= 15 is 0 Å². The summed E-state index contributed by atoms with van der Waals surface area (Å²) in [5, 5.41) is 1.23. The van der Waals surface area contributed by atoms with Crippen molar-refractivity contribution >= 4 is 22.7 Å². The summed E-state index contributed by atoms with van der Waals surface area (Å²) in [6.45, 7) is 11.6. The highest BCUT2D eigenvalue weighted by Gasteiger charge is 2.27. The number of nitrogens with zero attached hydrogens (tertiary/aromatic N) is 1. The molecule has 4 nitrogen and oxygen atoms in total. The number of anilines is 1. The quantitative estimate of drug-likeness (QED) is 0.313. The Hall–Kier alpha value is -3.24. The fourth-order valence-corrected chi connectivity index (χ4v) is 4.98. The van der Waals surface area contributed by atoms with Gasteiger partial charge in [0.05, 0.1) is 5.52 Å². The van der Waals surface area contributed by atoms with Gasteiger partial charge in [-0.15, -0.1) is 0 Å². The third-order valence-electron chi connectivity index (χ3n) is 6.81. The second kappa shape index (κ2) is 10.1. The molecular weight excluding hydrogens is 406 g/mol.